The molecule has 3 amide bonds. The maximum atomic E-state index is 12.7. The van der Waals surface area contributed by atoms with E-state index in [1.54, 1.807) is 0 Å². The smallest absolute Gasteiger partial charge is 0.417 e. The van der Waals surface area contributed by atoms with E-state index in [4.69, 9.17) is 4.74 Å². The lowest BCUT2D eigenvalue weighted by Gasteiger charge is -2.57. The van der Waals surface area contributed by atoms with Crippen molar-refractivity contribution in [3.63, 3.8) is 0 Å². The van der Waals surface area contributed by atoms with Crippen molar-refractivity contribution in [2.24, 2.45) is 23.2 Å². The summed E-state index contributed by atoms with van der Waals surface area (Å²) in [6.07, 6.45) is 7.98. The van der Waals surface area contributed by atoms with Gasteiger partial charge >= 0.3 is 6.09 Å². The normalized spacial score (nSPS) is 40.9. The van der Waals surface area contributed by atoms with E-state index in [1.807, 2.05) is 4.90 Å². The highest BCUT2D eigenvalue weighted by molar-refractivity contribution is 5.98. The maximum absolute atomic E-state index is 12.7. The summed E-state index contributed by atoms with van der Waals surface area (Å²) in [4.78, 5) is 39.0. The Hall–Kier alpha value is -1.59. The molecule has 6 aliphatic rings. The lowest BCUT2D eigenvalue weighted by Crippen LogP contribution is -2.63. The molecule has 4 bridgehead atoms. The highest BCUT2D eigenvalue weighted by atomic mass is 16.6. The number of likely N-dealkylation sites (tertiary alicyclic amines) is 1. The van der Waals surface area contributed by atoms with Crippen LogP contribution < -0.4 is 0 Å². The van der Waals surface area contributed by atoms with Gasteiger partial charge in [0.1, 0.15) is 0 Å². The van der Waals surface area contributed by atoms with E-state index in [-0.39, 0.29) is 29.9 Å². The van der Waals surface area contributed by atoms with E-state index < -0.39 is 6.09 Å². The summed E-state index contributed by atoms with van der Waals surface area (Å²) < 4.78 is 4.76. The van der Waals surface area contributed by atoms with Crippen LogP contribution in [0.1, 0.15) is 44.9 Å². The molecule has 0 aromatic heterocycles. The summed E-state index contributed by atoms with van der Waals surface area (Å²) in [7, 11) is 0. The number of carbonyl (C=O) groups is 3. The molecule has 0 aromatic carbocycles. The molecule has 0 aromatic rings. The van der Waals surface area contributed by atoms with Crippen molar-refractivity contribution in [3.05, 3.63) is 0 Å². The molecule has 6 fully saturated rings. The van der Waals surface area contributed by atoms with Crippen LogP contribution in [0, 0.1) is 23.2 Å². The third kappa shape index (κ3) is 2.18. The van der Waals surface area contributed by atoms with Crippen LogP contribution in [-0.2, 0) is 14.3 Å². The second-order valence-corrected chi connectivity index (χ2v) is 8.87. The first kappa shape index (κ1) is 14.7. The van der Waals surface area contributed by atoms with Crippen LogP contribution in [-0.4, -0.2) is 53.4 Å². The lowest BCUT2D eigenvalue weighted by molar-refractivity contribution is -0.148. The fourth-order valence-electron chi connectivity index (χ4n) is 6.48. The zero-order valence-electron chi connectivity index (χ0n) is 13.9. The van der Waals surface area contributed by atoms with Crippen LogP contribution >= 0.6 is 0 Å². The number of nitrogens with zero attached hydrogens (tertiary/aromatic N) is 2. The van der Waals surface area contributed by atoms with Crippen LogP contribution in [0.25, 0.3) is 0 Å². The number of imide groups is 1. The molecule has 4 aliphatic carbocycles. The van der Waals surface area contributed by atoms with Gasteiger partial charge in [-0.05, 0) is 61.7 Å². The topological polar surface area (TPSA) is 66.9 Å². The van der Waals surface area contributed by atoms with E-state index in [1.165, 1.54) is 43.4 Å². The van der Waals surface area contributed by atoms with Crippen molar-refractivity contribution in [3.8, 4) is 0 Å². The van der Waals surface area contributed by atoms with Gasteiger partial charge in [0.25, 0.3) is 5.91 Å². The van der Waals surface area contributed by atoms with Crippen molar-refractivity contribution in [1.82, 2.24) is 9.80 Å². The minimum absolute atomic E-state index is 0.156. The first-order chi connectivity index (χ1) is 11.5. The Bertz CT molecular complexity index is 559. The Morgan fingerprint density at radius 1 is 1.04 bits per heavy atom. The van der Waals surface area contributed by atoms with Crippen LogP contribution in [0.2, 0.25) is 0 Å². The molecule has 130 valence electrons. The van der Waals surface area contributed by atoms with Crippen molar-refractivity contribution in [2.75, 3.05) is 19.7 Å². The number of rotatable bonds is 3. The summed E-state index contributed by atoms with van der Waals surface area (Å²) in [5.74, 6) is 2.49. The molecule has 0 radical (unpaired) electrons. The molecule has 2 aliphatic heterocycles. The van der Waals surface area contributed by atoms with Crippen LogP contribution in [0.4, 0.5) is 4.79 Å². The first-order valence-electron chi connectivity index (χ1n) is 9.28. The molecule has 2 heterocycles. The van der Waals surface area contributed by atoms with E-state index in [0.717, 1.165) is 17.8 Å². The van der Waals surface area contributed by atoms with Gasteiger partial charge in [0, 0.05) is 19.5 Å². The molecule has 0 unspecified atom stereocenters. The quantitative estimate of drug-likeness (QED) is 0.790. The number of carbonyl (C=O) groups excluding carboxylic acids is 3. The van der Waals surface area contributed by atoms with Gasteiger partial charge in [-0.15, -0.1) is 0 Å². The fourth-order valence-corrected chi connectivity index (χ4v) is 6.48. The molecule has 0 atom stereocenters. The molecule has 4 saturated carbocycles. The fraction of sp³-hybridized carbons (Fsp3) is 0.833. The zero-order valence-corrected chi connectivity index (χ0v) is 13.9. The van der Waals surface area contributed by atoms with Gasteiger partial charge in [0.15, 0.2) is 6.61 Å². The molecule has 24 heavy (non-hydrogen) atoms. The van der Waals surface area contributed by atoms with Gasteiger partial charge < -0.3 is 9.64 Å². The third-order valence-electron chi connectivity index (χ3n) is 7.06. The molecule has 6 heteroatoms. The minimum atomic E-state index is -0.557. The molecule has 0 N–H and O–H groups in total. The SMILES string of the molecule is O=C(CC12CC3CC(CC(C3)C1)C2)N1CC(N2C(=O)COC2=O)C1. The standard InChI is InChI=1S/C18H24N2O4/c21-15(19-8-14(9-19)20-16(22)10-24-17(20)23)7-18-4-11-1-12(5-18)3-13(2-11)6-18/h11-14H,1-10H2. The Balaban J connectivity index is 1.20. The molecule has 6 nitrogen and oxygen atoms in total. The van der Waals surface area contributed by atoms with E-state index >= 15 is 0 Å². The molecule has 2 saturated heterocycles. The van der Waals surface area contributed by atoms with Gasteiger partial charge in [-0.3, -0.25) is 9.59 Å². The third-order valence-corrected chi connectivity index (χ3v) is 7.06. The maximum Gasteiger partial charge on any atom is 0.417 e. The molecular weight excluding hydrogens is 308 g/mol. The minimum Gasteiger partial charge on any atom is -0.439 e. The highest BCUT2D eigenvalue weighted by Crippen LogP contribution is 2.61. The van der Waals surface area contributed by atoms with Crippen molar-refractivity contribution < 1.29 is 19.1 Å². The van der Waals surface area contributed by atoms with Crippen LogP contribution in [0.15, 0.2) is 0 Å². The lowest BCUT2D eigenvalue weighted by atomic mass is 9.49. The van der Waals surface area contributed by atoms with Crippen molar-refractivity contribution in [2.45, 2.75) is 51.0 Å². The predicted octanol–water partition coefficient (Wildman–Crippen LogP) is 1.78. The summed E-state index contributed by atoms with van der Waals surface area (Å²) in [6.45, 7) is 0.800. The van der Waals surface area contributed by atoms with Crippen molar-refractivity contribution in [1.29, 1.82) is 0 Å². The average Bonchev–Trinajstić information content (AvgIpc) is 2.76. The number of hydrogen-bond donors (Lipinski definition) is 0. The number of cyclic esters (lactones) is 1. The second-order valence-electron chi connectivity index (χ2n) is 8.87. The van der Waals surface area contributed by atoms with Gasteiger partial charge in [0.05, 0.1) is 6.04 Å². The Labute approximate surface area is 141 Å². The van der Waals surface area contributed by atoms with Crippen molar-refractivity contribution >= 4 is 17.9 Å². The number of hydrogen-bond acceptors (Lipinski definition) is 4. The van der Waals surface area contributed by atoms with E-state index in [9.17, 15) is 14.4 Å². The van der Waals surface area contributed by atoms with E-state index in [0.29, 0.717) is 19.5 Å². The summed E-state index contributed by atoms with van der Waals surface area (Å²) in [5.41, 5.74) is 0.249. The first-order valence-corrected chi connectivity index (χ1v) is 9.28. The summed E-state index contributed by atoms with van der Waals surface area (Å²) >= 11 is 0. The predicted molar refractivity (Wildman–Crippen MR) is 83.8 cm³/mol. The Morgan fingerprint density at radius 3 is 2.12 bits per heavy atom. The number of ether oxygens (including phenoxy) is 1. The zero-order chi connectivity index (χ0) is 16.5. The molecule has 0 spiro atoms. The van der Waals surface area contributed by atoms with Crippen LogP contribution in [0.3, 0.4) is 0 Å². The van der Waals surface area contributed by atoms with Gasteiger partial charge in [-0.25, -0.2) is 9.69 Å². The second kappa shape index (κ2) is 4.96. The summed E-state index contributed by atoms with van der Waals surface area (Å²) in [5, 5.41) is 0. The van der Waals surface area contributed by atoms with Crippen LogP contribution in [0.5, 0.6) is 0 Å². The monoisotopic (exact) mass is 332 g/mol. The van der Waals surface area contributed by atoms with Gasteiger partial charge in [-0.1, -0.05) is 0 Å². The van der Waals surface area contributed by atoms with Gasteiger partial charge in [0.2, 0.25) is 5.91 Å². The number of amides is 3. The highest BCUT2D eigenvalue weighted by Gasteiger charge is 2.52. The average molecular weight is 332 g/mol. The Morgan fingerprint density at radius 2 is 1.62 bits per heavy atom. The summed E-state index contributed by atoms with van der Waals surface area (Å²) in [6, 6.07) is -0.187. The van der Waals surface area contributed by atoms with E-state index in [2.05, 4.69) is 0 Å². The Kier molecular flexibility index (Phi) is 3.04. The molecule has 6 rings (SSSR count). The van der Waals surface area contributed by atoms with Gasteiger partial charge in [-0.2, -0.15) is 0 Å². The largest absolute Gasteiger partial charge is 0.439 e. The molecular formula is C18H24N2O4.